The molecule has 0 N–H and O–H groups in total. The van der Waals surface area contributed by atoms with E-state index < -0.39 is 38.4 Å². The summed E-state index contributed by atoms with van der Waals surface area (Å²) in [6.45, 7) is 5.34. The highest BCUT2D eigenvalue weighted by Gasteiger charge is 2.80. The Hall–Kier alpha value is -1.89. The van der Waals surface area contributed by atoms with Gasteiger partial charge in [0.15, 0.2) is 15.3 Å². The highest BCUT2D eigenvalue weighted by atomic mass is 32.2. The molecule has 0 aliphatic heterocycles. The fourth-order valence-corrected chi connectivity index (χ4v) is 5.21. The topological polar surface area (TPSA) is 86.7 Å². The molecule has 0 aromatic heterocycles. The van der Waals surface area contributed by atoms with Crippen LogP contribution in [0.25, 0.3) is 0 Å². The molecule has 1 saturated carbocycles. The predicted octanol–water partition coefficient (Wildman–Crippen LogP) is 1.87. The summed E-state index contributed by atoms with van der Waals surface area (Å²) in [5.41, 5.74) is -0.125. The van der Waals surface area contributed by atoms with Crippen LogP contribution in [0.4, 0.5) is 0 Å². The van der Waals surface area contributed by atoms with Gasteiger partial charge in [0.05, 0.1) is 18.5 Å². The van der Waals surface area contributed by atoms with Crippen molar-refractivity contribution in [2.24, 2.45) is 5.41 Å². The van der Waals surface area contributed by atoms with E-state index in [-0.39, 0.29) is 13.2 Å². The lowest BCUT2D eigenvalue weighted by atomic mass is 9.98. The molecule has 2 atom stereocenters. The molecule has 0 saturated heterocycles. The molecule has 1 aliphatic rings. The molecule has 1 aromatic carbocycles. The standard InChI is InChI=1S/C18H24O6S/c1-5-12-8-10-13(11-9-12)14-15(25(4,21)22)18(14,16(19)23-6-2)17(20)24-7-3/h8-11,14-15H,5-7H2,1-4H3/t14-,15+/m1/s1. The highest BCUT2D eigenvalue weighted by molar-refractivity contribution is 7.91. The average Bonchev–Trinajstić information content (AvgIpc) is 3.27. The molecular formula is C18H24O6S. The second-order valence-corrected chi connectivity index (χ2v) is 8.30. The number of ether oxygens (including phenoxy) is 2. The fourth-order valence-electron chi connectivity index (χ4n) is 3.41. The van der Waals surface area contributed by atoms with Gasteiger partial charge in [-0.2, -0.15) is 0 Å². The van der Waals surface area contributed by atoms with Crippen LogP contribution in [0.2, 0.25) is 0 Å². The van der Waals surface area contributed by atoms with Crippen molar-refractivity contribution < 1.29 is 27.5 Å². The first-order valence-electron chi connectivity index (χ1n) is 8.37. The maximum atomic E-state index is 12.6. The van der Waals surface area contributed by atoms with Gasteiger partial charge in [-0.05, 0) is 31.4 Å². The molecule has 0 bridgehead atoms. The molecule has 6 nitrogen and oxygen atoms in total. The molecule has 2 rings (SSSR count). The summed E-state index contributed by atoms with van der Waals surface area (Å²) in [5, 5.41) is -1.18. The Balaban J connectivity index is 2.56. The van der Waals surface area contributed by atoms with Crippen LogP contribution in [0.5, 0.6) is 0 Å². The maximum absolute atomic E-state index is 12.6. The second-order valence-electron chi connectivity index (χ2n) is 6.13. The molecule has 0 radical (unpaired) electrons. The number of esters is 2. The largest absolute Gasteiger partial charge is 0.465 e. The Morgan fingerprint density at radius 1 is 1.00 bits per heavy atom. The van der Waals surface area contributed by atoms with E-state index in [1.807, 2.05) is 19.1 Å². The van der Waals surface area contributed by atoms with E-state index >= 15 is 0 Å². The van der Waals surface area contributed by atoms with Gasteiger partial charge >= 0.3 is 11.9 Å². The van der Waals surface area contributed by atoms with Crippen molar-refractivity contribution in [3.63, 3.8) is 0 Å². The summed E-state index contributed by atoms with van der Waals surface area (Å²) >= 11 is 0. The van der Waals surface area contributed by atoms with Crippen molar-refractivity contribution in [1.82, 2.24) is 0 Å². The smallest absolute Gasteiger partial charge is 0.325 e. The van der Waals surface area contributed by atoms with E-state index in [1.165, 1.54) is 0 Å². The van der Waals surface area contributed by atoms with E-state index in [0.717, 1.165) is 18.2 Å². The van der Waals surface area contributed by atoms with Crippen LogP contribution in [-0.2, 0) is 35.3 Å². The van der Waals surface area contributed by atoms with Gasteiger partial charge in [0, 0.05) is 12.2 Å². The van der Waals surface area contributed by atoms with E-state index in [9.17, 15) is 18.0 Å². The lowest BCUT2D eigenvalue weighted by molar-refractivity contribution is -0.164. The molecule has 7 heteroatoms. The van der Waals surface area contributed by atoms with Crippen LogP contribution in [-0.4, -0.2) is 45.1 Å². The van der Waals surface area contributed by atoms with Crippen LogP contribution in [0.3, 0.4) is 0 Å². The van der Waals surface area contributed by atoms with Gasteiger partial charge < -0.3 is 9.47 Å². The highest BCUT2D eigenvalue weighted by Crippen LogP contribution is 2.64. The third kappa shape index (κ3) is 3.29. The van der Waals surface area contributed by atoms with E-state index in [2.05, 4.69) is 0 Å². The maximum Gasteiger partial charge on any atom is 0.325 e. The molecule has 0 unspecified atom stereocenters. The Kier molecular flexibility index (Phi) is 5.56. The lowest BCUT2D eigenvalue weighted by Gasteiger charge is -2.15. The third-order valence-electron chi connectivity index (χ3n) is 4.57. The minimum absolute atomic E-state index is 0.0535. The van der Waals surface area contributed by atoms with Gasteiger partial charge in [0.25, 0.3) is 0 Å². The average molecular weight is 368 g/mol. The van der Waals surface area contributed by atoms with Gasteiger partial charge in [-0.3, -0.25) is 9.59 Å². The van der Waals surface area contributed by atoms with Gasteiger partial charge in [0.1, 0.15) is 0 Å². The van der Waals surface area contributed by atoms with Crippen molar-refractivity contribution in [2.75, 3.05) is 19.5 Å². The first kappa shape index (κ1) is 19.4. The quantitative estimate of drug-likeness (QED) is 0.539. The van der Waals surface area contributed by atoms with E-state index in [0.29, 0.717) is 5.56 Å². The van der Waals surface area contributed by atoms with Gasteiger partial charge in [-0.1, -0.05) is 31.2 Å². The zero-order valence-corrected chi connectivity index (χ0v) is 15.8. The summed E-state index contributed by atoms with van der Waals surface area (Å²) < 4.78 is 34.7. The first-order valence-corrected chi connectivity index (χ1v) is 10.3. The predicted molar refractivity (Wildman–Crippen MR) is 92.9 cm³/mol. The number of sulfone groups is 1. The van der Waals surface area contributed by atoms with Gasteiger partial charge in [-0.15, -0.1) is 0 Å². The zero-order valence-electron chi connectivity index (χ0n) is 14.9. The summed E-state index contributed by atoms with van der Waals surface area (Å²) in [6, 6.07) is 7.27. The Morgan fingerprint density at radius 3 is 1.84 bits per heavy atom. The van der Waals surface area contributed by atoms with Crippen molar-refractivity contribution >= 4 is 21.8 Å². The summed E-state index contributed by atoms with van der Waals surface area (Å²) in [6.07, 6.45) is 1.87. The number of hydrogen-bond donors (Lipinski definition) is 0. The summed E-state index contributed by atoms with van der Waals surface area (Å²) in [5.74, 6) is -2.48. The molecule has 138 valence electrons. The number of aryl methyl sites for hydroxylation is 1. The lowest BCUT2D eigenvalue weighted by Crippen LogP contribution is -2.35. The Labute approximate surface area is 148 Å². The first-order chi connectivity index (χ1) is 11.7. The molecule has 0 spiro atoms. The van der Waals surface area contributed by atoms with Crippen molar-refractivity contribution in [3.8, 4) is 0 Å². The minimum atomic E-state index is -3.68. The molecule has 1 fully saturated rings. The number of hydrogen-bond acceptors (Lipinski definition) is 6. The van der Waals surface area contributed by atoms with E-state index in [1.54, 1.807) is 26.0 Å². The van der Waals surface area contributed by atoms with Crippen LogP contribution >= 0.6 is 0 Å². The van der Waals surface area contributed by atoms with Crippen LogP contribution < -0.4 is 0 Å². The number of carbonyl (C=O) groups is 2. The van der Waals surface area contributed by atoms with E-state index in [4.69, 9.17) is 9.47 Å². The molecule has 0 amide bonds. The molecule has 0 heterocycles. The number of carbonyl (C=O) groups excluding carboxylic acids is 2. The van der Waals surface area contributed by atoms with Crippen molar-refractivity contribution in [1.29, 1.82) is 0 Å². The third-order valence-corrected chi connectivity index (χ3v) is 6.13. The normalized spacial score (nSPS) is 21.4. The fraction of sp³-hybridized carbons (Fsp3) is 0.556. The van der Waals surface area contributed by atoms with Gasteiger partial charge in [-0.25, -0.2) is 8.42 Å². The summed E-state index contributed by atoms with van der Waals surface area (Å²) in [4.78, 5) is 25.2. The SMILES string of the molecule is CCOC(=O)C1(C(=O)OCC)[C@H](c2ccc(CC)cc2)[C@@H]1S(C)(=O)=O. The van der Waals surface area contributed by atoms with Crippen LogP contribution in [0.15, 0.2) is 24.3 Å². The molecule has 1 aromatic rings. The van der Waals surface area contributed by atoms with Gasteiger partial charge in [0.2, 0.25) is 0 Å². The molecule has 25 heavy (non-hydrogen) atoms. The van der Waals surface area contributed by atoms with Crippen LogP contribution in [0.1, 0.15) is 37.8 Å². The zero-order chi connectivity index (χ0) is 18.8. The minimum Gasteiger partial charge on any atom is -0.465 e. The van der Waals surface area contributed by atoms with Crippen LogP contribution in [0, 0.1) is 5.41 Å². The molecular weight excluding hydrogens is 344 g/mol. The number of rotatable bonds is 7. The number of benzene rings is 1. The monoisotopic (exact) mass is 368 g/mol. The second kappa shape index (κ2) is 7.15. The van der Waals surface area contributed by atoms with Crippen molar-refractivity contribution in [2.45, 2.75) is 38.4 Å². The van der Waals surface area contributed by atoms with Crippen molar-refractivity contribution in [3.05, 3.63) is 35.4 Å². The summed E-state index contributed by atoms with van der Waals surface area (Å²) in [7, 11) is -3.68. The molecule has 1 aliphatic carbocycles. The Bertz CT molecular complexity index is 732. The Morgan fingerprint density at radius 2 is 1.48 bits per heavy atom.